The fraction of sp³-hybridized carbons (Fsp3) is 0.600. The average Bonchev–Trinajstić information content (AvgIpc) is 2.40. The van der Waals surface area contributed by atoms with Crippen molar-refractivity contribution in [3.05, 3.63) is 35.9 Å². The molecule has 0 aliphatic carbocycles. The number of nitrogens with zero attached hydrogens (tertiary/aromatic N) is 1. The zero-order valence-corrected chi connectivity index (χ0v) is 11.4. The van der Waals surface area contributed by atoms with Gasteiger partial charge in [0.25, 0.3) is 0 Å². The van der Waals surface area contributed by atoms with E-state index < -0.39 is 0 Å². The van der Waals surface area contributed by atoms with Gasteiger partial charge in [-0.2, -0.15) is 0 Å². The number of nitrogens with one attached hydrogen (secondary N) is 1. The molecular weight excluding hydrogens is 224 g/mol. The lowest BCUT2D eigenvalue weighted by Crippen LogP contribution is -2.45. The van der Waals surface area contributed by atoms with Gasteiger partial charge in [-0.1, -0.05) is 37.3 Å². The van der Waals surface area contributed by atoms with Crippen LogP contribution in [-0.4, -0.2) is 43.8 Å². The van der Waals surface area contributed by atoms with Crippen LogP contribution >= 0.6 is 0 Å². The van der Waals surface area contributed by atoms with Crippen molar-refractivity contribution in [1.82, 2.24) is 10.2 Å². The van der Waals surface area contributed by atoms with E-state index in [1.807, 2.05) is 0 Å². The molecule has 1 aromatic rings. The second-order valence-corrected chi connectivity index (χ2v) is 4.91. The van der Waals surface area contributed by atoms with Crippen molar-refractivity contribution in [2.45, 2.75) is 26.0 Å². The monoisotopic (exact) mass is 248 g/mol. The van der Waals surface area contributed by atoms with Gasteiger partial charge >= 0.3 is 0 Å². The summed E-state index contributed by atoms with van der Waals surface area (Å²) in [6, 6.07) is 11.2. The van der Waals surface area contributed by atoms with Crippen molar-refractivity contribution >= 4 is 0 Å². The third-order valence-electron chi connectivity index (χ3n) is 3.49. The van der Waals surface area contributed by atoms with Crippen LogP contribution in [0.4, 0.5) is 0 Å². The first-order valence-corrected chi connectivity index (χ1v) is 6.92. The summed E-state index contributed by atoms with van der Waals surface area (Å²) in [5.41, 5.74) is 1.40. The summed E-state index contributed by atoms with van der Waals surface area (Å²) in [5.74, 6) is 0. The minimum Gasteiger partial charge on any atom is -0.376 e. The first kappa shape index (κ1) is 13.5. The predicted octanol–water partition coefficient (Wildman–Crippen LogP) is 2.06. The van der Waals surface area contributed by atoms with Gasteiger partial charge in [-0.05, 0) is 19.0 Å². The van der Waals surface area contributed by atoms with Crippen molar-refractivity contribution in [1.29, 1.82) is 0 Å². The van der Waals surface area contributed by atoms with Crippen LogP contribution in [-0.2, 0) is 4.74 Å². The Morgan fingerprint density at radius 1 is 1.39 bits per heavy atom. The van der Waals surface area contributed by atoms with Gasteiger partial charge in [-0.15, -0.1) is 0 Å². The van der Waals surface area contributed by atoms with E-state index in [0.29, 0.717) is 12.1 Å². The van der Waals surface area contributed by atoms with E-state index in [1.165, 1.54) is 5.56 Å². The smallest absolute Gasteiger partial charge is 0.0674 e. The molecule has 2 rings (SSSR count). The summed E-state index contributed by atoms with van der Waals surface area (Å²) in [5, 5.41) is 3.48. The van der Waals surface area contributed by atoms with E-state index in [2.05, 4.69) is 54.4 Å². The highest BCUT2D eigenvalue weighted by molar-refractivity contribution is 5.19. The molecule has 1 N–H and O–H groups in total. The lowest BCUT2D eigenvalue weighted by atomic mass is 10.0. The third kappa shape index (κ3) is 3.55. The SMILES string of the molecule is CCNCC(c1ccccc1)N1CCOC(C)C1. The van der Waals surface area contributed by atoms with Crippen LogP contribution in [0.25, 0.3) is 0 Å². The maximum Gasteiger partial charge on any atom is 0.0674 e. The fourth-order valence-electron chi connectivity index (χ4n) is 2.54. The van der Waals surface area contributed by atoms with Gasteiger partial charge in [0, 0.05) is 25.7 Å². The Bertz CT molecular complexity index is 342. The second-order valence-electron chi connectivity index (χ2n) is 4.91. The number of morpholine rings is 1. The standard InChI is InChI=1S/C15H24N2O/c1-3-16-11-15(14-7-5-4-6-8-14)17-9-10-18-13(2)12-17/h4-8,13,15-16H,3,9-12H2,1-2H3. The summed E-state index contributed by atoms with van der Waals surface area (Å²) in [6.45, 7) is 9.22. The topological polar surface area (TPSA) is 24.5 Å². The first-order valence-electron chi connectivity index (χ1n) is 6.92. The number of likely N-dealkylation sites (N-methyl/N-ethyl adjacent to an activating group) is 1. The van der Waals surface area contributed by atoms with E-state index in [4.69, 9.17) is 4.74 Å². The Labute approximate surface area is 110 Å². The number of ether oxygens (including phenoxy) is 1. The Morgan fingerprint density at radius 2 is 2.17 bits per heavy atom. The molecular formula is C15H24N2O. The van der Waals surface area contributed by atoms with E-state index in [0.717, 1.165) is 32.8 Å². The highest BCUT2D eigenvalue weighted by Gasteiger charge is 2.24. The molecule has 0 spiro atoms. The van der Waals surface area contributed by atoms with Crippen molar-refractivity contribution in [3.63, 3.8) is 0 Å². The Balaban J connectivity index is 2.09. The van der Waals surface area contributed by atoms with Crippen LogP contribution < -0.4 is 5.32 Å². The minimum absolute atomic E-state index is 0.339. The third-order valence-corrected chi connectivity index (χ3v) is 3.49. The first-order chi connectivity index (χ1) is 8.81. The molecule has 3 heteroatoms. The molecule has 18 heavy (non-hydrogen) atoms. The van der Waals surface area contributed by atoms with Gasteiger partial charge < -0.3 is 10.1 Å². The molecule has 1 aromatic carbocycles. The van der Waals surface area contributed by atoms with Gasteiger partial charge in [0.2, 0.25) is 0 Å². The van der Waals surface area contributed by atoms with Crippen LogP contribution in [0.5, 0.6) is 0 Å². The van der Waals surface area contributed by atoms with Crippen LogP contribution in [0.1, 0.15) is 25.5 Å². The summed E-state index contributed by atoms with van der Waals surface area (Å²) in [4.78, 5) is 2.53. The summed E-state index contributed by atoms with van der Waals surface area (Å²) < 4.78 is 5.64. The Kier molecular flexibility index (Phi) is 5.17. The van der Waals surface area contributed by atoms with Gasteiger partial charge in [-0.25, -0.2) is 0 Å². The fourth-order valence-corrected chi connectivity index (χ4v) is 2.54. The van der Waals surface area contributed by atoms with Crippen molar-refractivity contribution in [2.24, 2.45) is 0 Å². The highest BCUT2D eigenvalue weighted by Crippen LogP contribution is 2.22. The number of hydrogen-bond acceptors (Lipinski definition) is 3. The molecule has 1 aliphatic heterocycles. The maximum absolute atomic E-state index is 5.64. The molecule has 1 saturated heterocycles. The molecule has 0 amide bonds. The van der Waals surface area contributed by atoms with Crippen molar-refractivity contribution in [2.75, 3.05) is 32.8 Å². The highest BCUT2D eigenvalue weighted by atomic mass is 16.5. The molecule has 2 unspecified atom stereocenters. The van der Waals surface area contributed by atoms with Crippen LogP contribution in [0.2, 0.25) is 0 Å². The van der Waals surface area contributed by atoms with Crippen LogP contribution in [0, 0.1) is 0 Å². The average molecular weight is 248 g/mol. The normalized spacial score (nSPS) is 22.9. The molecule has 100 valence electrons. The Morgan fingerprint density at radius 3 is 2.83 bits per heavy atom. The van der Waals surface area contributed by atoms with Crippen LogP contribution in [0.15, 0.2) is 30.3 Å². The molecule has 1 fully saturated rings. The van der Waals surface area contributed by atoms with E-state index in [1.54, 1.807) is 0 Å². The molecule has 2 atom stereocenters. The zero-order valence-electron chi connectivity index (χ0n) is 11.4. The molecule has 1 aliphatic rings. The van der Waals surface area contributed by atoms with E-state index in [-0.39, 0.29) is 0 Å². The maximum atomic E-state index is 5.64. The van der Waals surface area contributed by atoms with Gasteiger partial charge in [0.1, 0.15) is 0 Å². The molecule has 3 nitrogen and oxygen atoms in total. The number of benzene rings is 1. The minimum atomic E-state index is 0.339. The number of rotatable bonds is 5. The number of hydrogen-bond donors (Lipinski definition) is 1. The molecule has 0 saturated carbocycles. The zero-order chi connectivity index (χ0) is 12.8. The summed E-state index contributed by atoms with van der Waals surface area (Å²) in [6.07, 6.45) is 0.339. The van der Waals surface area contributed by atoms with E-state index >= 15 is 0 Å². The predicted molar refractivity (Wildman–Crippen MR) is 74.7 cm³/mol. The largest absolute Gasteiger partial charge is 0.376 e. The lowest BCUT2D eigenvalue weighted by Gasteiger charge is -2.37. The van der Waals surface area contributed by atoms with E-state index in [9.17, 15) is 0 Å². The van der Waals surface area contributed by atoms with Crippen molar-refractivity contribution < 1.29 is 4.74 Å². The van der Waals surface area contributed by atoms with Crippen LogP contribution in [0.3, 0.4) is 0 Å². The lowest BCUT2D eigenvalue weighted by molar-refractivity contribution is -0.0343. The van der Waals surface area contributed by atoms with Gasteiger partial charge in [-0.3, -0.25) is 4.90 Å². The summed E-state index contributed by atoms with van der Waals surface area (Å²) >= 11 is 0. The molecule has 0 radical (unpaired) electrons. The van der Waals surface area contributed by atoms with Gasteiger partial charge in [0.05, 0.1) is 12.7 Å². The summed E-state index contributed by atoms with van der Waals surface area (Å²) in [7, 11) is 0. The van der Waals surface area contributed by atoms with Gasteiger partial charge in [0.15, 0.2) is 0 Å². The molecule has 0 bridgehead atoms. The quantitative estimate of drug-likeness (QED) is 0.863. The molecule has 1 heterocycles. The Hall–Kier alpha value is -0.900. The van der Waals surface area contributed by atoms with Crippen molar-refractivity contribution in [3.8, 4) is 0 Å². The molecule has 0 aromatic heterocycles. The second kappa shape index (κ2) is 6.88.